The van der Waals surface area contributed by atoms with Gasteiger partial charge in [-0.1, -0.05) is 12.1 Å². The van der Waals surface area contributed by atoms with Gasteiger partial charge in [-0.2, -0.15) is 0 Å². The molecule has 0 fully saturated rings. The van der Waals surface area contributed by atoms with E-state index in [9.17, 15) is 14.7 Å². The molecular formula is C23H16N4O4. The van der Waals surface area contributed by atoms with Gasteiger partial charge in [0.25, 0.3) is 0 Å². The third-order valence-corrected chi connectivity index (χ3v) is 5.24. The number of aromatic amines is 1. The summed E-state index contributed by atoms with van der Waals surface area (Å²) >= 11 is 0. The van der Waals surface area contributed by atoms with Crippen molar-refractivity contribution in [2.24, 2.45) is 0 Å². The van der Waals surface area contributed by atoms with Gasteiger partial charge in [-0.15, -0.1) is 0 Å². The number of hydrogen-bond donors (Lipinski definition) is 2. The Morgan fingerprint density at radius 1 is 1.00 bits per heavy atom. The number of nitrogens with zero attached hydrogens (tertiary/aromatic N) is 3. The monoisotopic (exact) mass is 412 g/mol. The first-order chi connectivity index (χ1) is 15.1. The molecule has 0 aliphatic heterocycles. The second-order valence-electron chi connectivity index (χ2n) is 6.95. The van der Waals surface area contributed by atoms with Crippen LogP contribution >= 0.6 is 0 Å². The number of methoxy groups -OCH3 is 1. The van der Waals surface area contributed by atoms with Crippen LogP contribution in [0, 0.1) is 0 Å². The minimum Gasteiger partial charge on any atom is -0.481 e. The minimum atomic E-state index is -1.10. The molecule has 1 aromatic carbocycles. The molecule has 0 atom stereocenters. The molecule has 152 valence electrons. The van der Waals surface area contributed by atoms with Gasteiger partial charge in [0, 0.05) is 63.9 Å². The largest absolute Gasteiger partial charge is 0.481 e. The van der Waals surface area contributed by atoms with Crippen molar-refractivity contribution in [1.82, 2.24) is 19.5 Å². The molecule has 4 aromatic heterocycles. The minimum absolute atomic E-state index is 0.216. The number of pyridine rings is 2. The lowest BCUT2D eigenvalue weighted by atomic mass is 9.99. The summed E-state index contributed by atoms with van der Waals surface area (Å²) in [7, 11) is 1.55. The molecule has 31 heavy (non-hydrogen) atoms. The van der Waals surface area contributed by atoms with Crippen LogP contribution in [0.4, 0.5) is 4.79 Å². The van der Waals surface area contributed by atoms with Crippen LogP contribution < -0.4 is 4.74 Å². The molecule has 4 heterocycles. The van der Waals surface area contributed by atoms with Crippen molar-refractivity contribution in [2.75, 3.05) is 7.11 Å². The molecule has 5 rings (SSSR count). The number of carbonyl (C=O) groups is 2. The van der Waals surface area contributed by atoms with Crippen molar-refractivity contribution >= 4 is 33.8 Å². The maximum absolute atomic E-state index is 13.4. The van der Waals surface area contributed by atoms with Gasteiger partial charge in [0.1, 0.15) is 5.65 Å². The summed E-state index contributed by atoms with van der Waals surface area (Å²) < 4.78 is 6.19. The maximum atomic E-state index is 13.4. The van der Waals surface area contributed by atoms with Crippen LogP contribution in [-0.4, -0.2) is 43.6 Å². The van der Waals surface area contributed by atoms with Crippen LogP contribution in [0.5, 0.6) is 5.88 Å². The summed E-state index contributed by atoms with van der Waals surface area (Å²) in [6.45, 7) is 0. The van der Waals surface area contributed by atoms with E-state index in [4.69, 9.17) is 4.74 Å². The predicted octanol–water partition coefficient (Wildman–Crippen LogP) is 4.35. The van der Waals surface area contributed by atoms with E-state index in [1.54, 1.807) is 56.0 Å². The van der Waals surface area contributed by atoms with Crippen molar-refractivity contribution in [3.05, 3.63) is 78.4 Å². The van der Waals surface area contributed by atoms with Gasteiger partial charge in [0.2, 0.25) is 5.88 Å². The summed E-state index contributed by atoms with van der Waals surface area (Å²) in [4.78, 5) is 36.5. The zero-order valence-electron chi connectivity index (χ0n) is 16.4. The van der Waals surface area contributed by atoms with Crippen molar-refractivity contribution < 1.29 is 19.4 Å². The highest BCUT2D eigenvalue weighted by Crippen LogP contribution is 2.29. The molecule has 8 heteroatoms. The van der Waals surface area contributed by atoms with E-state index in [1.165, 1.54) is 6.20 Å². The summed E-state index contributed by atoms with van der Waals surface area (Å²) in [5, 5.41) is 10.6. The molecule has 0 spiro atoms. The lowest BCUT2D eigenvalue weighted by molar-refractivity contribution is 0.104. The first-order valence-electron chi connectivity index (χ1n) is 9.42. The topological polar surface area (TPSA) is 110 Å². The zero-order valence-corrected chi connectivity index (χ0v) is 16.4. The second-order valence-corrected chi connectivity index (χ2v) is 6.95. The number of benzene rings is 1. The smallest absolute Gasteiger partial charge is 0.415 e. The first kappa shape index (κ1) is 18.6. The number of aromatic nitrogens is 4. The average Bonchev–Trinajstić information content (AvgIpc) is 3.42. The third-order valence-electron chi connectivity index (χ3n) is 5.24. The Bertz CT molecular complexity index is 1460. The van der Waals surface area contributed by atoms with Crippen LogP contribution in [0.1, 0.15) is 15.9 Å². The first-order valence-corrected chi connectivity index (χ1v) is 9.42. The van der Waals surface area contributed by atoms with Crippen molar-refractivity contribution in [1.29, 1.82) is 0 Å². The molecule has 0 radical (unpaired) electrons. The lowest BCUT2D eigenvalue weighted by Crippen LogP contribution is -2.06. The molecule has 0 aliphatic carbocycles. The Labute approximate surface area is 175 Å². The molecule has 8 nitrogen and oxygen atoms in total. The third kappa shape index (κ3) is 3.01. The summed E-state index contributed by atoms with van der Waals surface area (Å²) in [5.41, 5.74) is 3.59. The van der Waals surface area contributed by atoms with E-state index < -0.39 is 6.09 Å². The van der Waals surface area contributed by atoms with Crippen molar-refractivity contribution in [2.45, 2.75) is 0 Å². The standard InChI is InChI=1S/C23H16N4O4/c1-31-20-6-5-13(10-24-20)14-9-17-18(12-26-22(17)25-11-14)21(28)16-3-2-4-19-15(16)7-8-27(19)23(29)30/h2-12H,1H3,(H,25,26)(H,29,30). The summed E-state index contributed by atoms with van der Waals surface area (Å²) in [6.07, 6.45) is 5.36. The van der Waals surface area contributed by atoms with Gasteiger partial charge in [-0.3, -0.25) is 9.36 Å². The fourth-order valence-electron chi connectivity index (χ4n) is 3.70. The molecule has 0 unspecified atom stereocenters. The Hall–Kier alpha value is -4.46. The quantitative estimate of drug-likeness (QED) is 0.425. The Morgan fingerprint density at radius 3 is 2.58 bits per heavy atom. The van der Waals surface area contributed by atoms with Gasteiger partial charge in [-0.05, 0) is 24.3 Å². The number of H-pyrrole nitrogens is 1. The number of fused-ring (bicyclic) bond motifs is 2. The van der Waals surface area contributed by atoms with Gasteiger partial charge in [0.05, 0.1) is 12.6 Å². The lowest BCUT2D eigenvalue weighted by Gasteiger charge is -2.05. The second kappa shape index (κ2) is 7.10. The average molecular weight is 412 g/mol. The highest BCUT2D eigenvalue weighted by molar-refractivity contribution is 6.21. The van der Waals surface area contributed by atoms with Crippen LogP contribution in [0.25, 0.3) is 33.1 Å². The Kier molecular flexibility index (Phi) is 4.25. The molecule has 2 N–H and O–H groups in total. The molecule has 0 saturated carbocycles. The fraction of sp³-hybridized carbons (Fsp3) is 0.0435. The highest BCUT2D eigenvalue weighted by Gasteiger charge is 2.19. The van der Waals surface area contributed by atoms with Gasteiger partial charge in [-0.25, -0.2) is 14.8 Å². The van der Waals surface area contributed by atoms with Crippen LogP contribution in [0.3, 0.4) is 0 Å². The van der Waals surface area contributed by atoms with Gasteiger partial charge >= 0.3 is 6.09 Å². The van der Waals surface area contributed by atoms with E-state index in [0.717, 1.165) is 15.7 Å². The van der Waals surface area contributed by atoms with Gasteiger partial charge in [0.15, 0.2) is 5.78 Å². The SMILES string of the molecule is COc1ccc(-c2cnc3[nH]cc(C(=O)c4cccc5c4ccn5C(=O)O)c3c2)cn1. The van der Waals surface area contributed by atoms with Crippen LogP contribution in [-0.2, 0) is 0 Å². The Morgan fingerprint density at radius 2 is 1.84 bits per heavy atom. The maximum Gasteiger partial charge on any atom is 0.415 e. The van der Waals surface area contributed by atoms with E-state index in [-0.39, 0.29) is 5.78 Å². The van der Waals surface area contributed by atoms with E-state index in [0.29, 0.717) is 38.9 Å². The number of ketones is 1. The number of carboxylic acid groups (broad SMARTS) is 1. The number of ether oxygens (including phenoxy) is 1. The summed E-state index contributed by atoms with van der Waals surface area (Å²) in [6, 6.07) is 12.2. The number of carbonyl (C=O) groups excluding carboxylic acids is 1. The normalized spacial score (nSPS) is 11.1. The zero-order chi connectivity index (χ0) is 21.5. The molecule has 5 aromatic rings. The Balaban J connectivity index is 1.61. The number of hydrogen-bond acceptors (Lipinski definition) is 5. The highest BCUT2D eigenvalue weighted by atomic mass is 16.5. The number of rotatable bonds is 4. The fourth-order valence-corrected chi connectivity index (χ4v) is 3.70. The molecular weight excluding hydrogens is 396 g/mol. The van der Waals surface area contributed by atoms with Crippen LogP contribution in [0.2, 0.25) is 0 Å². The van der Waals surface area contributed by atoms with E-state index >= 15 is 0 Å². The van der Waals surface area contributed by atoms with Crippen LogP contribution in [0.15, 0.2) is 67.3 Å². The number of nitrogens with one attached hydrogen (secondary N) is 1. The molecule has 0 saturated heterocycles. The molecule has 0 aliphatic rings. The molecule has 0 amide bonds. The van der Waals surface area contributed by atoms with Gasteiger partial charge < -0.3 is 14.8 Å². The van der Waals surface area contributed by atoms with E-state index in [2.05, 4.69) is 15.0 Å². The van der Waals surface area contributed by atoms with E-state index in [1.807, 2.05) is 12.1 Å². The van der Waals surface area contributed by atoms with Crippen molar-refractivity contribution in [3.63, 3.8) is 0 Å². The summed E-state index contributed by atoms with van der Waals surface area (Å²) in [5.74, 6) is 0.295. The van der Waals surface area contributed by atoms with Crippen molar-refractivity contribution in [3.8, 4) is 17.0 Å². The predicted molar refractivity (Wildman–Crippen MR) is 115 cm³/mol. The molecule has 0 bridgehead atoms.